The fourth-order valence-electron chi connectivity index (χ4n) is 2.88. The fourth-order valence-corrected chi connectivity index (χ4v) is 2.88. The second-order valence-electron chi connectivity index (χ2n) is 3.85. The monoisotopic (exact) mass is 151 g/mol. The maximum absolute atomic E-state index is 9.44. The molecular weight excluding hydrogens is 142 g/mol. The van der Waals surface area contributed by atoms with Crippen LogP contribution in [0.2, 0.25) is 0 Å². The van der Waals surface area contributed by atoms with Crippen molar-refractivity contribution in [2.24, 2.45) is 5.41 Å². The Balaban J connectivity index is 2.06. The average molecular weight is 151 g/mol. The van der Waals surface area contributed by atoms with Gasteiger partial charge in [0.1, 0.15) is 5.60 Å². The predicted octanol–water partition coefficient (Wildman–Crippen LogP) is 0.192. The number of hydrogen-bond acceptors (Lipinski definition) is 3. The second-order valence-corrected chi connectivity index (χ2v) is 3.85. The number of rotatable bonds is 0. The molecule has 0 bridgehead atoms. The van der Waals surface area contributed by atoms with Crippen molar-refractivity contribution in [3.8, 4) is 6.07 Å². The van der Waals surface area contributed by atoms with Crippen LogP contribution < -0.4 is 0 Å². The van der Waals surface area contributed by atoms with E-state index in [1.807, 2.05) is 0 Å². The van der Waals surface area contributed by atoms with E-state index in [0.717, 1.165) is 12.8 Å². The van der Waals surface area contributed by atoms with Gasteiger partial charge in [0, 0.05) is 0 Å². The highest BCUT2D eigenvalue weighted by molar-refractivity contribution is 5.36. The van der Waals surface area contributed by atoms with Gasteiger partial charge in [-0.2, -0.15) is 5.26 Å². The summed E-state index contributed by atoms with van der Waals surface area (Å²) in [4.78, 5) is 0. The highest BCUT2D eigenvalue weighted by Gasteiger charge is 2.83. The number of hydrogen-bond donors (Lipinski definition) is 1. The lowest BCUT2D eigenvalue weighted by Gasteiger charge is -2.44. The van der Waals surface area contributed by atoms with Gasteiger partial charge in [-0.25, -0.2) is 0 Å². The van der Waals surface area contributed by atoms with Crippen molar-refractivity contribution >= 4 is 0 Å². The summed E-state index contributed by atoms with van der Waals surface area (Å²) in [5, 5.41) is 18.4. The fraction of sp³-hybridized carbons (Fsp3) is 0.875. The Bertz CT molecular complexity index is 268. The summed E-state index contributed by atoms with van der Waals surface area (Å²) in [6.45, 7) is 0. The molecule has 3 fully saturated rings. The summed E-state index contributed by atoms with van der Waals surface area (Å²) in [7, 11) is 0. The van der Waals surface area contributed by atoms with Crippen LogP contribution in [0.1, 0.15) is 19.3 Å². The molecule has 58 valence electrons. The number of epoxide rings is 1. The molecular formula is C8H9NO2. The first-order chi connectivity index (χ1) is 5.25. The molecule has 3 heteroatoms. The third-order valence-corrected chi connectivity index (χ3v) is 3.59. The molecule has 3 aliphatic rings. The van der Waals surface area contributed by atoms with Gasteiger partial charge in [-0.15, -0.1) is 0 Å². The van der Waals surface area contributed by atoms with Crippen LogP contribution in [0.4, 0.5) is 0 Å². The molecule has 1 saturated heterocycles. The number of ether oxygens (including phenoxy) is 1. The topological polar surface area (TPSA) is 56.5 Å². The second kappa shape index (κ2) is 1.33. The Morgan fingerprint density at radius 2 is 2.45 bits per heavy atom. The predicted molar refractivity (Wildman–Crippen MR) is 35.5 cm³/mol. The van der Waals surface area contributed by atoms with Gasteiger partial charge in [-0.3, -0.25) is 0 Å². The number of aliphatic hydroxyl groups is 1. The molecule has 2 aliphatic carbocycles. The molecule has 0 aromatic rings. The van der Waals surface area contributed by atoms with E-state index in [2.05, 4.69) is 6.07 Å². The van der Waals surface area contributed by atoms with Crippen LogP contribution in [-0.4, -0.2) is 22.9 Å². The van der Waals surface area contributed by atoms with Crippen LogP contribution in [0.25, 0.3) is 0 Å². The average Bonchev–Trinajstić information content (AvgIpc) is 2.70. The van der Waals surface area contributed by atoms with Crippen LogP contribution in [0, 0.1) is 16.7 Å². The lowest BCUT2D eigenvalue weighted by Crippen LogP contribution is -2.57. The van der Waals surface area contributed by atoms with Gasteiger partial charge in [0.15, 0.2) is 0 Å². The number of nitrogens with zero attached hydrogens (tertiary/aromatic N) is 1. The minimum atomic E-state index is -0.401. The molecule has 3 nitrogen and oxygen atoms in total. The van der Waals surface area contributed by atoms with Crippen molar-refractivity contribution in [1.29, 1.82) is 5.26 Å². The Labute approximate surface area is 64.6 Å². The van der Waals surface area contributed by atoms with E-state index in [9.17, 15) is 5.11 Å². The van der Waals surface area contributed by atoms with Crippen molar-refractivity contribution in [2.75, 3.05) is 0 Å². The lowest BCUT2D eigenvalue weighted by molar-refractivity contribution is -0.0959. The van der Waals surface area contributed by atoms with E-state index in [-0.39, 0.29) is 17.6 Å². The SMILES string of the molecule is N#CC12CCC3OC31C(O)C2. The third kappa shape index (κ3) is 0.369. The maximum Gasteiger partial charge on any atom is 0.139 e. The Morgan fingerprint density at radius 1 is 1.64 bits per heavy atom. The molecule has 1 aliphatic heterocycles. The first-order valence-electron chi connectivity index (χ1n) is 4.02. The molecule has 4 atom stereocenters. The summed E-state index contributed by atoms with van der Waals surface area (Å²) >= 11 is 0. The summed E-state index contributed by atoms with van der Waals surface area (Å²) in [5.41, 5.74) is -0.709. The molecule has 11 heavy (non-hydrogen) atoms. The van der Waals surface area contributed by atoms with Gasteiger partial charge < -0.3 is 9.84 Å². The summed E-state index contributed by atoms with van der Waals surface area (Å²) in [5.74, 6) is 0. The summed E-state index contributed by atoms with van der Waals surface area (Å²) < 4.78 is 5.37. The van der Waals surface area contributed by atoms with Gasteiger partial charge in [0.05, 0.1) is 23.7 Å². The van der Waals surface area contributed by atoms with Crippen LogP contribution in [0.15, 0.2) is 0 Å². The van der Waals surface area contributed by atoms with Crippen molar-refractivity contribution in [2.45, 2.75) is 37.1 Å². The number of nitriles is 1. The summed E-state index contributed by atoms with van der Waals surface area (Å²) in [6.07, 6.45) is 2.34. The van der Waals surface area contributed by atoms with Crippen molar-refractivity contribution in [1.82, 2.24) is 0 Å². The summed E-state index contributed by atoms with van der Waals surface area (Å²) in [6, 6.07) is 2.30. The van der Waals surface area contributed by atoms with E-state index in [1.54, 1.807) is 0 Å². The molecule has 2 saturated carbocycles. The lowest BCUT2D eigenvalue weighted by atomic mass is 9.59. The normalized spacial score (nSPS) is 64.0. The number of aliphatic hydroxyl groups excluding tert-OH is 1. The van der Waals surface area contributed by atoms with Crippen LogP contribution in [0.5, 0.6) is 0 Å². The largest absolute Gasteiger partial charge is 0.390 e. The zero-order valence-electron chi connectivity index (χ0n) is 6.08. The van der Waals surface area contributed by atoms with Crippen molar-refractivity contribution < 1.29 is 9.84 Å². The standard InChI is InChI=1S/C8H9NO2/c9-4-7-2-1-6-8(7,11-6)5(10)3-7/h5-6,10H,1-3H2. The molecule has 1 heterocycles. The van der Waals surface area contributed by atoms with Gasteiger partial charge in [-0.05, 0) is 19.3 Å². The molecule has 4 unspecified atom stereocenters. The van der Waals surface area contributed by atoms with Crippen molar-refractivity contribution in [3.63, 3.8) is 0 Å². The molecule has 3 rings (SSSR count). The third-order valence-electron chi connectivity index (χ3n) is 3.59. The molecule has 1 spiro atoms. The van der Waals surface area contributed by atoms with E-state index in [1.165, 1.54) is 0 Å². The molecule has 0 aromatic heterocycles. The maximum atomic E-state index is 9.44. The van der Waals surface area contributed by atoms with Gasteiger partial charge in [-0.1, -0.05) is 0 Å². The molecule has 1 N–H and O–H groups in total. The van der Waals surface area contributed by atoms with Crippen LogP contribution in [-0.2, 0) is 4.74 Å². The molecule has 0 radical (unpaired) electrons. The van der Waals surface area contributed by atoms with Gasteiger partial charge in [0.25, 0.3) is 0 Å². The van der Waals surface area contributed by atoms with Gasteiger partial charge in [0.2, 0.25) is 0 Å². The van der Waals surface area contributed by atoms with Crippen LogP contribution in [0.3, 0.4) is 0 Å². The first-order valence-corrected chi connectivity index (χ1v) is 4.02. The highest BCUT2D eigenvalue weighted by Crippen LogP contribution is 2.71. The van der Waals surface area contributed by atoms with E-state index in [0.29, 0.717) is 6.42 Å². The van der Waals surface area contributed by atoms with Gasteiger partial charge >= 0.3 is 0 Å². The zero-order valence-corrected chi connectivity index (χ0v) is 6.08. The molecule has 0 amide bonds. The first kappa shape index (κ1) is 5.99. The zero-order chi connectivity index (χ0) is 7.69. The van der Waals surface area contributed by atoms with E-state index in [4.69, 9.17) is 10.00 Å². The van der Waals surface area contributed by atoms with E-state index >= 15 is 0 Å². The molecule has 0 aromatic carbocycles. The smallest absolute Gasteiger partial charge is 0.139 e. The van der Waals surface area contributed by atoms with Crippen LogP contribution >= 0.6 is 0 Å². The minimum absolute atomic E-state index is 0.200. The highest BCUT2D eigenvalue weighted by atomic mass is 16.6. The Morgan fingerprint density at radius 3 is 2.91 bits per heavy atom. The van der Waals surface area contributed by atoms with E-state index < -0.39 is 5.60 Å². The minimum Gasteiger partial charge on any atom is -0.390 e. The Hall–Kier alpha value is -0.590. The quantitative estimate of drug-likeness (QED) is 0.503. The van der Waals surface area contributed by atoms with Crippen molar-refractivity contribution in [3.05, 3.63) is 0 Å². The Kier molecular flexibility index (Phi) is 0.721.